The van der Waals surface area contributed by atoms with Crippen molar-refractivity contribution in [1.29, 1.82) is 10.8 Å². The molecule has 1 fully saturated rings. The molecule has 1 aromatic carbocycles. The summed E-state index contributed by atoms with van der Waals surface area (Å²) in [7, 11) is 0. The standard InChI is InChI=1S/C20H19F7N4O3/c21-14(22)16(29)34-15(28)9-5-6-10-8-31(17(32)11(10)7-9)13-4-2-1-3-12(13)30-18(33)19(23,24)20(25,26)27/h5-7,12-14,28-29H,1-4,8H2,(H,30,33)/t12-,13?/m1/s1. The summed E-state index contributed by atoms with van der Waals surface area (Å²) < 4.78 is 93.8. The minimum Gasteiger partial charge on any atom is -0.419 e. The number of nitrogens with zero attached hydrogens (tertiary/aromatic N) is 1. The molecule has 1 aliphatic carbocycles. The van der Waals surface area contributed by atoms with E-state index in [1.54, 1.807) is 5.32 Å². The van der Waals surface area contributed by atoms with Crippen LogP contribution in [0.1, 0.15) is 47.2 Å². The average Bonchev–Trinajstić information content (AvgIpc) is 3.08. The molecule has 2 aliphatic rings. The molecular formula is C20H19F7N4O3. The van der Waals surface area contributed by atoms with Crippen LogP contribution in [0, 0.1) is 10.8 Å². The van der Waals surface area contributed by atoms with Crippen LogP contribution in [0.15, 0.2) is 18.2 Å². The highest BCUT2D eigenvalue weighted by atomic mass is 19.4. The normalized spacial score (nSPS) is 20.8. The van der Waals surface area contributed by atoms with Crippen LogP contribution in [0.4, 0.5) is 30.7 Å². The first-order chi connectivity index (χ1) is 15.7. The number of benzene rings is 1. The largest absolute Gasteiger partial charge is 0.463 e. The number of carbonyl (C=O) groups excluding carboxylic acids is 2. The number of rotatable bonds is 5. The van der Waals surface area contributed by atoms with E-state index in [1.807, 2.05) is 0 Å². The number of amides is 2. The molecule has 2 amide bonds. The summed E-state index contributed by atoms with van der Waals surface area (Å²) in [6, 6.07) is 1.92. The highest BCUT2D eigenvalue weighted by molar-refractivity contribution is 6.04. The van der Waals surface area contributed by atoms with Gasteiger partial charge in [-0.05, 0) is 30.5 Å². The van der Waals surface area contributed by atoms with Crippen LogP contribution in [0.5, 0.6) is 0 Å². The lowest BCUT2D eigenvalue weighted by Gasteiger charge is -2.38. The molecule has 1 heterocycles. The molecule has 1 aliphatic heterocycles. The van der Waals surface area contributed by atoms with Crippen LogP contribution >= 0.6 is 0 Å². The molecule has 34 heavy (non-hydrogen) atoms. The van der Waals surface area contributed by atoms with E-state index >= 15 is 0 Å². The quantitative estimate of drug-likeness (QED) is 0.328. The van der Waals surface area contributed by atoms with Crippen LogP contribution < -0.4 is 5.32 Å². The zero-order valence-electron chi connectivity index (χ0n) is 17.3. The summed E-state index contributed by atoms with van der Waals surface area (Å²) in [4.78, 5) is 25.9. The van der Waals surface area contributed by atoms with E-state index in [9.17, 15) is 40.3 Å². The van der Waals surface area contributed by atoms with Gasteiger partial charge in [0.15, 0.2) is 0 Å². The Morgan fingerprint density at radius 2 is 1.76 bits per heavy atom. The molecule has 1 aromatic rings. The number of fused-ring (bicyclic) bond motifs is 1. The Hall–Kier alpha value is -3.19. The maximum Gasteiger partial charge on any atom is 0.463 e. The lowest BCUT2D eigenvalue weighted by Crippen LogP contribution is -2.59. The van der Waals surface area contributed by atoms with Crippen molar-refractivity contribution in [1.82, 2.24) is 10.2 Å². The summed E-state index contributed by atoms with van der Waals surface area (Å²) in [5, 5.41) is 16.5. The molecule has 1 saturated carbocycles. The Balaban J connectivity index is 1.78. The Morgan fingerprint density at radius 1 is 1.12 bits per heavy atom. The molecule has 3 N–H and O–H groups in total. The molecule has 1 unspecified atom stereocenters. The van der Waals surface area contributed by atoms with Gasteiger partial charge < -0.3 is 15.0 Å². The smallest absolute Gasteiger partial charge is 0.419 e. The highest BCUT2D eigenvalue weighted by Gasteiger charge is 2.63. The van der Waals surface area contributed by atoms with Crippen LogP contribution in [-0.2, 0) is 16.1 Å². The molecule has 2 atom stereocenters. The van der Waals surface area contributed by atoms with Crippen molar-refractivity contribution < 1.29 is 45.1 Å². The molecular weight excluding hydrogens is 477 g/mol. The van der Waals surface area contributed by atoms with Gasteiger partial charge in [0, 0.05) is 23.7 Å². The molecule has 186 valence electrons. The summed E-state index contributed by atoms with van der Waals surface area (Å²) in [5.74, 6) is -10.9. The molecule has 0 radical (unpaired) electrons. The van der Waals surface area contributed by atoms with E-state index in [0.717, 1.165) is 0 Å². The minimum atomic E-state index is -6.06. The lowest BCUT2D eigenvalue weighted by molar-refractivity contribution is -0.270. The van der Waals surface area contributed by atoms with Crippen LogP contribution in [0.2, 0.25) is 0 Å². The first-order valence-corrected chi connectivity index (χ1v) is 10.1. The first kappa shape index (κ1) is 25.4. The Bertz CT molecular complexity index is 1010. The van der Waals surface area contributed by atoms with Gasteiger partial charge in [0.05, 0.1) is 6.04 Å². The number of halogens is 7. The second-order valence-corrected chi connectivity index (χ2v) is 7.91. The maximum atomic E-state index is 13.4. The molecule has 0 bridgehead atoms. The molecule has 0 aromatic heterocycles. The predicted octanol–water partition coefficient (Wildman–Crippen LogP) is 3.85. The summed E-state index contributed by atoms with van der Waals surface area (Å²) in [6.07, 6.45) is -7.97. The number of carbonyl (C=O) groups is 2. The zero-order valence-corrected chi connectivity index (χ0v) is 17.3. The third-order valence-corrected chi connectivity index (χ3v) is 5.70. The zero-order chi connectivity index (χ0) is 25.4. The van der Waals surface area contributed by atoms with Gasteiger partial charge in [0.25, 0.3) is 11.8 Å². The minimum absolute atomic E-state index is 0.0256. The van der Waals surface area contributed by atoms with Crippen molar-refractivity contribution in [3.63, 3.8) is 0 Å². The maximum absolute atomic E-state index is 13.4. The van der Waals surface area contributed by atoms with E-state index < -0.39 is 54.2 Å². The Kier molecular flexibility index (Phi) is 6.90. The van der Waals surface area contributed by atoms with Gasteiger partial charge in [-0.25, -0.2) is 0 Å². The van der Waals surface area contributed by atoms with Crippen molar-refractivity contribution in [3.05, 3.63) is 34.9 Å². The second-order valence-electron chi connectivity index (χ2n) is 7.91. The van der Waals surface area contributed by atoms with Gasteiger partial charge in [-0.1, -0.05) is 18.9 Å². The van der Waals surface area contributed by atoms with Gasteiger partial charge in [-0.15, -0.1) is 0 Å². The van der Waals surface area contributed by atoms with E-state index in [2.05, 4.69) is 4.74 Å². The van der Waals surface area contributed by atoms with Crippen LogP contribution in [0.25, 0.3) is 0 Å². The lowest BCUT2D eigenvalue weighted by atomic mass is 9.89. The van der Waals surface area contributed by atoms with E-state index in [1.165, 1.54) is 23.1 Å². The monoisotopic (exact) mass is 496 g/mol. The Morgan fingerprint density at radius 3 is 2.38 bits per heavy atom. The topological polar surface area (TPSA) is 106 Å². The number of hydrogen-bond acceptors (Lipinski definition) is 5. The summed E-state index contributed by atoms with van der Waals surface area (Å²) in [5.41, 5.74) is 0.435. The fourth-order valence-electron chi connectivity index (χ4n) is 3.99. The SMILES string of the molecule is N=C(OC(=N)C(F)F)c1ccc2c(c1)C(=O)N(C1CCCC[C@H]1NC(=O)C(F)(F)C(F)(F)F)C2. The third kappa shape index (κ3) is 4.85. The van der Waals surface area contributed by atoms with Crippen molar-refractivity contribution in [3.8, 4) is 0 Å². The molecule has 14 heteroatoms. The summed E-state index contributed by atoms with van der Waals surface area (Å²) in [6.45, 7) is -0.0256. The predicted molar refractivity (Wildman–Crippen MR) is 103 cm³/mol. The number of nitrogens with one attached hydrogen (secondary N) is 3. The summed E-state index contributed by atoms with van der Waals surface area (Å²) >= 11 is 0. The molecule has 0 spiro atoms. The van der Waals surface area contributed by atoms with Crippen LogP contribution in [0.3, 0.4) is 0 Å². The van der Waals surface area contributed by atoms with E-state index in [0.29, 0.717) is 18.4 Å². The van der Waals surface area contributed by atoms with Crippen molar-refractivity contribution in [2.45, 2.75) is 62.8 Å². The van der Waals surface area contributed by atoms with Gasteiger partial charge in [-0.2, -0.15) is 30.7 Å². The average molecular weight is 496 g/mol. The molecule has 7 nitrogen and oxygen atoms in total. The molecule has 3 rings (SSSR count). The van der Waals surface area contributed by atoms with E-state index in [4.69, 9.17) is 10.8 Å². The van der Waals surface area contributed by atoms with Gasteiger partial charge >= 0.3 is 24.4 Å². The van der Waals surface area contributed by atoms with Crippen molar-refractivity contribution in [2.75, 3.05) is 0 Å². The van der Waals surface area contributed by atoms with Crippen molar-refractivity contribution >= 4 is 23.6 Å². The van der Waals surface area contributed by atoms with Gasteiger partial charge in [-0.3, -0.25) is 20.4 Å². The fraction of sp³-hybridized carbons (Fsp3) is 0.500. The number of alkyl halides is 7. The van der Waals surface area contributed by atoms with Crippen molar-refractivity contribution in [2.24, 2.45) is 0 Å². The second kappa shape index (κ2) is 9.22. The van der Waals surface area contributed by atoms with Gasteiger partial charge in [0.2, 0.25) is 5.90 Å². The Labute approximate surface area is 188 Å². The third-order valence-electron chi connectivity index (χ3n) is 5.70. The number of hydrogen-bond donors (Lipinski definition) is 3. The van der Waals surface area contributed by atoms with Gasteiger partial charge in [0.1, 0.15) is 0 Å². The fourth-order valence-corrected chi connectivity index (χ4v) is 3.99. The first-order valence-electron chi connectivity index (χ1n) is 10.1. The van der Waals surface area contributed by atoms with E-state index in [-0.39, 0.29) is 30.5 Å². The molecule has 0 saturated heterocycles. The number of ether oxygens (including phenoxy) is 1. The highest BCUT2D eigenvalue weighted by Crippen LogP contribution is 2.37. The van der Waals surface area contributed by atoms with Crippen LogP contribution in [-0.4, -0.2) is 59.1 Å².